The second-order valence-electron chi connectivity index (χ2n) is 6.92. The maximum atomic E-state index is 13.4. The molecule has 0 saturated carbocycles. The molecule has 0 fully saturated rings. The van der Waals surface area contributed by atoms with Crippen molar-refractivity contribution in [1.82, 2.24) is 0 Å². The molecule has 2 N–H and O–H groups in total. The molecular formula is C24H24FN3O2. The number of carbonyl (C=O) groups is 2. The van der Waals surface area contributed by atoms with Crippen LogP contribution in [-0.4, -0.2) is 24.9 Å². The molecule has 6 heteroatoms. The number of anilines is 2. The van der Waals surface area contributed by atoms with Crippen molar-refractivity contribution in [3.05, 3.63) is 96.3 Å². The normalized spacial score (nSPS) is 10.4. The van der Waals surface area contributed by atoms with Gasteiger partial charge in [-0.1, -0.05) is 48.5 Å². The van der Waals surface area contributed by atoms with Crippen LogP contribution in [0.25, 0.3) is 0 Å². The van der Waals surface area contributed by atoms with Gasteiger partial charge in [0.2, 0.25) is 11.8 Å². The Morgan fingerprint density at radius 1 is 0.800 bits per heavy atom. The molecule has 30 heavy (non-hydrogen) atoms. The van der Waals surface area contributed by atoms with E-state index in [1.807, 2.05) is 60.7 Å². The van der Waals surface area contributed by atoms with Gasteiger partial charge in [-0.3, -0.25) is 9.59 Å². The van der Waals surface area contributed by atoms with Crippen molar-refractivity contribution in [2.75, 3.05) is 22.9 Å². The van der Waals surface area contributed by atoms with Crippen molar-refractivity contribution in [2.45, 2.75) is 13.0 Å². The number of rotatable bonds is 9. The minimum atomic E-state index is -0.459. The summed E-state index contributed by atoms with van der Waals surface area (Å²) in [6, 6.07) is 25.0. The lowest BCUT2D eigenvalue weighted by molar-refractivity contribution is -0.119. The first-order valence-electron chi connectivity index (χ1n) is 9.71. The molecule has 0 aromatic heterocycles. The Kier molecular flexibility index (Phi) is 7.16. The van der Waals surface area contributed by atoms with Crippen LogP contribution in [-0.2, 0) is 16.1 Å². The predicted octanol–water partition coefficient (Wildman–Crippen LogP) is 3.74. The van der Waals surface area contributed by atoms with E-state index in [0.717, 1.165) is 11.3 Å². The molecule has 3 rings (SSSR count). The van der Waals surface area contributed by atoms with Crippen LogP contribution in [0.5, 0.6) is 0 Å². The molecule has 0 unspecified atom stereocenters. The van der Waals surface area contributed by atoms with Crippen molar-refractivity contribution >= 4 is 23.2 Å². The fraction of sp³-hybridized carbons (Fsp3) is 0.167. The zero-order valence-corrected chi connectivity index (χ0v) is 16.6. The highest BCUT2D eigenvalue weighted by Crippen LogP contribution is 2.20. The van der Waals surface area contributed by atoms with Gasteiger partial charge in [-0.2, -0.15) is 0 Å². The van der Waals surface area contributed by atoms with Crippen molar-refractivity contribution in [3.63, 3.8) is 0 Å². The second kappa shape index (κ2) is 10.2. The van der Waals surface area contributed by atoms with Crippen LogP contribution in [0.15, 0.2) is 84.9 Å². The monoisotopic (exact) mass is 405 g/mol. The van der Waals surface area contributed by atoms with E-state index >= 15 is 0 Å². The maximum absolute atomic E-state index is 13.4. The summed E-state index contributed by atoms with van der Waals surface area (Å²) >= 11 is 0. The largest absolute Gasteiger partial charge is 0.370 e. The Hall–Kier alpha value is -3.67. The van der Waals surface area contributed by atoms with Gasteiger partial charge in [-0.05, 0) is 42.0 Å². The molecule has 3 aromatic carbocycles. The third-order valence-electron chi connectivity index (χ3n) is 4.70. The number of hydrogen-bond donors (Lipinski definition) is 1. The number of amides is 2. The molecule has 0 aliphatic carbocycles. The Morgan fingerprint density at radius 2 is 1.40 bits per heavy atom. The number of benzene rings is 3. The number of nitrogens with zero attached hydrogens (tertiary/aromatic N) is 2. The summed E-state index contributed by atoms with van der Waals surface area (Å²) in [5.41, 5.74) is 7.74. The number of carbonyl (C=O) groups excluding carboxylic acids is 2. The highest BCUT2D eigenvalue weighted by Gasteiger charge is 2.20. The lowest BCUT2D eigenvalue weighted by atomic mass is 10.2. The quantitative estimate of drug-likeness (QED) is 0.590. The number of primary amides is 1. The van der Waals surface area contributed by atoms with E-state index in [1.54, 1.807) is 21.9 Å². The summed E-state index contributed by atoms with van der Waals surface area (Å²) in [7, 11) is 0. The zero-order valence-electron chi connectivity index (χ0n) is 16.6. The molecule has 0 aliphatic heterocycles. The van der Waals surface area contributed by atoms with Gasteiger partial charge in [-0.25, -0.2) is 4.39 Å². The SMILES string of the molecule is NC(=O)CCN(CC(=O)N(Cc1ccccc1)c1ccccc1)c1ccc(F)cc1. The van der Waals surface area contributed by atoms with E-state index in [9.17, 15) is 14.0 Å². The van der Waals surface area contributed by atoms with Gasteiger partial charge in [0, 0.05) is 24.3 Å². The van der Waals surface area contributed by atoms with Crippen molar-refractivity contribution in [2.24, 2.45) is 5.73 Å². The molecule has 0 bridgehead atoms. The van der Waals surface area contributed by atoms with Gasteiger partial charge in [-0.15, -0.1) is 0 Å². The standard InChI is InChI=1S/C24H24FN3O2/c25-20-11-13-21(14-12-20)27(16-15-23(26)29)18-24(30)28(22-9-5-2-6-10-22)17-19-7-3-1-4-8-19/h1-14H,15-18H2,(H2,26,29). The van der Waals surface area contributed by atoms with Gasteiger partial charge >= 0.3 is 0 Å². The van der Waals surface area contributed by atoms with E-state index in [4.69, 9.17) is 5.73 Å². The lowest BCUT2D eigenvalue weighted by Crippen LogP contribution is -2.41. The van der Waals surface area contributed by atoms with E-state index in [0.29, 0.717) is 12.2 Å². The van der Waals surface area contributed by atoms with Crippen LogP contribution in [0.3, 0.4) is 0 Å². The number of halogens is 1. The van der Waals surface area contributed by atoms with Crippen LogP contribution < -0.4 is 15.5 Å². The molecule has 154 valence electrons. The van der Waals surface area contributed by atoms with Gasteiger partial charge in [0.15, 0.2) is 0 Å². The summed E-state index contributed by atoms with van der Waals surface area (Å²) in [4.78, 5) is 28.1. The molecule has 0 radical (unpaired) electrons. The minimum Gasteiger partial charge on any atom is -0.370 e. The third-order valence-corrected chi connectivity index (χ3v) is 4.70. The molecule has 0 aliphatic rings. The molecule has 5 nitrogen and oxygen atoms in total. The first-order valence-corrected chi connectivity index (χ1v) is 9.71. The molecule has 0 saturated heterocycles. The maximum Gasteiger partial charge on any atom is 0.246 e. The third kappa shape index (κ3) is 5.91. The Morgan fingerprint density at radius 3 is 2.00 bits per heavy atom. The summed E-state index contributed by atoms with van der Waals surface area (Å²) in [5, 5.41) is 0. The molecular weight excluding hydrogens is 381 g/mol. The van der Waals surface area contributed by atoms with Crippen LogP contribution in [0.4, 0.5) is 15.8 Å². The Balaban J connectivity index is 1.85. The fourth-order valence-corrected chi connectivity index (χ4v) is 3.14. The molecule has 0 atom stereocenters. The number of nitrogens with two attached hydrogens (primary N) is 1. The lowest BCUT2D eigenvalue weighted by Gasteiger charge is -2.29. The summed E-state index contributed by atoms with van der Waals surface area (Å²) < 4.78 is 13.4. The second-order valence-corrected chi connectivity index (χ2v) is 6.92. The van der Waals surface area contributed by atoms with E-state index in [1.165, 1.54) is 12.1 Å². The molecule has 2 amide bonds. The van der Waals surface area contributed by atoms with Gasteiger partial charge in [0.05, 0.1) is 13.1 Å². The number of hydrogen-bond acceptors (Lipinski definition) is 3. The summed E-state index contributed by atoms with van der Waals surface area (Å²) in [6.45, 7) is 0.706. The van der Waals surface area contributed by atoms with Crippen LogP contribution in [0, 0.1) is 5.82 Å². The molecule has 0 spiro atoms. The van der Waals surface area contributed by atoms with Crippen LogP contribution in [0.1, 0.15) is 12.0 Å². The van der Waals surface area contributed by atoms with Crippen LogP contribution in [0.2, 0.25) is 0 Å². The molecule has 3 aromatic rings. The first-order chi connectivity index (χ1) is 14.5. The van der Waals surface area contributed by atoms with Gasteiger partial charge in [0.1, 0.15) is 5.82 Å². The van der Waals surface area contributed by atoms with Crippen molar-refractivity contribution < 1.29 is 14.0 Å². The van der Waals surface area contributed by atoms with Gasteiger partial charge < -0.3 is 15.5 Å². The average molecular weight is 405 g/mol. The Bertz CT molecular complexity index is 963. The van der Waals surface area contributed by atoms with Crippen molar-refractivity contribution in [3.8, 4) is 0 Å². The van der Waals surface area contributed by atoms with E-state index < -0.39 is 5.91 Å². The Labute approximate surface area is 175 Å². The van der Waals surface area contributed by atoms with Crippen molar-refractivity contribution in [1.29, 1.82) is 0 Å². The predicted molar refractivity (Wildman–Crippen MR) is 116 cm³/mol. The minimum absolute atomic E-state index is 0.0284. The highest BCUT2D eigenvalue weighted by atomic mass is 19.1. The first kappa shape index (κ1) is 21.0. The fourth-order valence-electron chi connectivity index (χ4n) is 3.14. The summed E-state index contributed by atoms with van der Waals surface area (Å²) in [5.74, 6) is -0.965. The van der Waals surface area contributed by atoms with Crippen LogP contribution >= 0.6 is 0 Å². The van der Waals surface area contributed by atoms with E-state index in [2.05, 4.69) is 0 Å². The van der Waals surface area contributed by atoms with E-state index in [-0.39, 0.29) is 31.2 Å². The summed E-state index contributed by atoms with van der Waals surface area (Å²) in [6.07, 6.45) is 0.0919. The zero-order chi connectivity index (χ0) is 21.3. The smallest absolute Gasteiger partial charge is 0.246 e. The topological polar surface area (TPSA) is 66.6 Å². The number of para-hydroxylation sites is 1. The highest BCUT2D eigenvalue weighted by molar-refractivity contribution is 5.96. The average Bonchev–Trinajstić information content (AvgIpc) is 2.76. The molecule has 0 heterocycles. The van der Waals surface area contributed by atoms with Gasteiger partial charge in [0.25, 0.3) is 0 Å².